The normalized spacial score (nSPS) is 11.0. The number of carbonyl (C=O) groups is 1. The quantitative estimate of drug-likeness (QED) is 0.526. The second-order valence-electron chi connectivity index (χ2n) is 4.99. The third-order valence-corrected chi connectivity index (χ3v) is 3.86. The number of hydrogen-bond donors (Lipinski definition) is 0. The van der Waals surface area contributed by atoms with E-state index in [-0.39, 0.29) is 5.78 Å². The molecule has 1 aromatic heterocycles. The molecule has 2 aromatic rings. The van der Waals surface area contributed by atoms with Gasteiger partial charge in [-0.05, 0) is 66.5 Å². The lowest BCUT2D eigenvalue weighted by atomic mass is 10.1. The lowest BCUT2D eigenvalue weighted by Gasteiger charge is -2.12. The Morgan fingerprint density at radius 1 is 1.30 bits per heavy atom. The zero-order chi connectivity index (χ0) is 17.0. The summed E-state index contributed by atoms with van der Waals surface area (Å²) >= 11 is 3.47. The predicted octanol–water partition coefficient (Wildman–Crippen LogP) is 4.96. The van der Waals surface area contributed by atoms with Crippen LogP contribution in [0, 0.1) is 13.8 Å². The molecule has 0 radical (unpaired) electrons. The predicted molar refractivity (Wildman–Crippen MR) is 93.4 cm³/mol. The average Bonchev–Trinajstić information content (AvgIpc) is 2.85. The Hall–Kier alpha value is -2.01. The molecule has 122 valence electrons. The Balaban J connectivity index is 2.27. The zero-order valence-corrected chi connectivity index (χ0v) is 15.2. The summed E-state index contributed by atoms with van der Waals surface area (Å²) in [6.07, 6.45) is 3.27. The molecule has 2 rings (SSSR count). The van der Waals surface area contributed by atoms with Crippen LogP contribution in [0.5, 0.6) is 11.5 Å². The summed E-state index contributed by atoms with van der Waals surface area (Å²) < 4.78 is 17.1. The van der Waals surface area contributed by atoms with Gasteiger partial charge in [-0.25, -0.2) is 0 Å². The molecule has 1 heterocycles. The van der Waals surface area contributed by atoms with Crippen LogP contribution in [0.4, 0.5) is 0 Å². The number of methoxy groups -OCH3 is 1. The number of furan rings is 1. The minimum Gasteiger partial charge on any atom is -0.493 e. The molecule has 0 spiro atoms. The number of aryl methyl sites for hydroxylation is 2. The summed E-state index contributed by atoms with van der Waals surface area (Å²) in [6, 6.07) is 5.45. The van der Waals surface area contributed by atoms with Crippen molar-refractivity contribution in [3.05, 3.63) is 51.4 Å². The Morgan fingerprint density at radius 3 is 2.61 bits per heavy atom. The van der Waals surface area contributed by atoms with Gasteiger partial charge in [0.1, 0.15) is 11.5 Å². The first-order valence-electron chi connectivity index (χ1n) is 7.26. The van der Waals surface area contributed by atoms with Gasteiger partial charge in [-0.2, -0.15) is 0 Å². The van der Waals surface area contributed by atoms with E-state index < -0.39 is 0 Å². The second-order valence-corrected chi connectivity index (χ2v) is 5.85. The molecule has 5 heteroatoms. The fourth-order valence-electron chi connectivity index (χ4n) is 2.26. The van der Waals surface area contributed by atoms with Gasteiger partial charge in [0.15, 0.2) is 17.3 Å². The molecule has 0 saturated heterocycles. The van der Waals surface area contributed by atoms with Crippen molar-refractivity contribution in [3.8, 4) is 11.5 Å². The van der Waals surface area contributed by atoms with Crippen molar-refractivity contribution in [2.45, 2.75) is 20.8 Å². The highest BCUT2D eigenvalue weighted by Gasteiger charge is 2.12. The SMILES string of the molecule is CCOc1c(Br)cc(/C=C/C(=O)c2cc(C)oc2C)cc1OC. The summed E-state index contributed by atoms with van der Waals surface area (Å²) in [6.45, 7) is 6.06. The van der Waals surface area contributed by atoms with Gasteiger partial charge in [0.05, 0.1) is 23.8 Å². The van der Waals surface area contributed by atoms with Gasteiger partial charge in [0.2, 0.25) is 0 Å². The Labute approximate surface area is 144 Å². The van der Waals surface area contributed by atoms with Gasteiger partial charge in [0, 0.05) is 0 Å². The topological polar surface area (TPSA) is 48.7 Å². The number of rotatable bonds is 6. The number of carbonyl (C=O) groups excluding carboxylic acids is 1. The van der Waals surface area contributed by atoms with Crippen LogP contribution in [-0.2, 0) is 0 Å². The molecule has 0 aliphatic carbocycles. The third kappa shape index (κ3) is 4.05. The van der Waals surface area contributed by atoms with Gasteiger partial charge in [-0.15, -0.1) is 0 Å². The van der Waals surface area contributed by atoms with E-state index in [4.69, 9.17) is 13.9 Å². The molecule has 0 N–H and O–H groups in total. The number of ether oxygens (including phenoxy) is 2. The molecule has 1 aromatic carbocycles. The van der Waals surface area contributed by atoms with Crippen molar-refractivity contribution in [3.63, 3.8) is 0 Å². The number of benzene rings is 1. The molecule has 0 fully saturated rings. The van der Waals surface area contributed by atoms with Crippen LogP contribution in [-0.4, -0.2) is 19.5 Å². The molecular formula is C18H19BrO4. The molecule has 0 atom stereocenters. The molecule has 0 saturated carbocycles. The largest absolute Gasteiger partial charge is 0.493 e. The first-order chi connectivity index (χ1) is 11.0. The molecule has 0 bridgehead atoms. The molecule has 23 heavy (non-hydrogen) atoms. The third-order valence-electron chi connectivity index (χ3n) is 3.27. The van der Waals surface area contributed by atoms with Crippen LogP contribution in [0.25, 0.3) is 6.08 Å². The van der Waals surface area contributed by atoms with E-state index in [1.807, 2.05) is 26.0 Å². The number of ketones is 1. The molecule has 0 unspecified atom stereocenters. The Morgan fingerprint density at radius 2 is 2.04 bits per heavy atom. The molecule has 0 amide bonds. The average molecular weight is 379 g/mol. The lowest BCUT2D eigenvalue weighted by Crippen LogP contribution is -1.97. The van der Waals surface area contributed by atoms with Crippen molar-refractivity contribution in [1.82, 2.24) is 0 Å². The molecule has 0 aliphatic rings. The van der Waals surface area contributed by atoms with Crippen LogP contribution < -0.4 is 9.47 Å². The van der Waals surface area contributed by atoms with Gasteiger partial charge in [0.25, 0.3) is 0 Å². The van der Waals surface area contributed by atoms with Crippen molar-refractivity contribution in [2.24, 2.45) is 0 Å². The van der Waals surface area contributed by atoms with Crippen molar-refractivity contribution < 1.29 is 18.7 Å². The van der Waals surface area contributed by atoms with Gasteiger partial charge in [-0.1, -0.05) is 6.08 Å². The van der Waals surface area contributed by atoms with Crippen LogP contribution in [0.2, 0.25) is 0 Å². The van der Waals surface area contributed by atoms with Crippen LogP contribution >= 0.6 is 15.9 Å². The van der Waals surface area contributed by atoms with Gasteiger partial charge < -0.3 is 13.9 Å². The highest BCUT2D eigenvalue weighted by Crippen LogP contribution is 2.37. The van der Waals surface area contributed by atoms with Crippen molar-refractivity contribution >= 4 is 27.8 Å². The maximum atomic E-state index is 12.2. The van der Waals surface area contributed by atoms with Crippen molar-refractivity contribution in [1.29, 1.82) is 0 Å². The zero-order valence-electron chi connectivity index (χ0n) is 13.6. The number of halogens is 1. The summed E-state index contributed by atoms with van der Waals surface area (Å²) in [5.41, 5.74) is 1.42. The maximum absolute atomic E-state index is 12.2. The van der Waals surface area contributed by atoms with Gasteiger partial charge >= 0.3 is 0 Å². The van der Waals surface area contributed by atoms with Crippen molar-refractivity contribution in [2.75, 3.05) is 13.7 Å². The standard InChI is InChI=1S/C18H19BrO4/c1-5-22-18-15(19)9-13(10-17(18)21-4)6-7-16(20)14-8-11(2)23-12(14)3/h6-10H,5H2,1-4H3/b7-6+. The van der Waals surface area contributed by atoms with E-state index in [1.54, 1.807) is 26.2 Å². The first-order valence-corrected chi connectivity index (χ1v) is 8.05. The van der Waals surface area contributed by atoms with E-state index in [1.165, 1.54) is 6.08 Å². The summed E-state index contributed by atoms with van der Waals surface area (Å²) in [5, 5.41) is 0. The molecule has 4 nitrogen and oxygen atoms in total. The smallest absolute Gasteiger partial charge is 0.189 e. The van der Waals surface area contributed by atoms with E-state index in [0.29, 0.717) is 29.4 Å². The Kier molecular flexibility index (Phi) is 5.66. The minimum atomic E-state index is -0.0941. The highest BCUT2D eigenvalue weighted by atomic mass is 79.9. The highest BCUT2D eigenvalue weighted by molar-refractivity contribution is 9.10. The molecular weight excluding hydrogens is 360 g/mol. The summed E-state index contributed by atoms with van der Waals surface area (Å²) in [5.74, 6) is 2.53. The monoisotopic (exact) mass is 378 g/mol. The summed E-state index contributed by atoms with van der Waals surface area (Å²) in [7, 11) is 1.58. The molecule has 0 aliphatic heterocycles. The number of hydrogen-bond acceptors (Lipinski definition) is 4. The maximum Gasteiger partial charge on any atom is 0.189 e. The Bertz CT molecular complexity index is 744. The van der Waals surface area contributed by atoms with E-state index in [9.17, 15) is 4.79 Å². The van der Waals surface area contributed by atoms with E-state index in [0.717, 1.165) is 15.8 Å². The fourth-order valence-corrected chi connectivity index (χ4v) is 2.83. The van der Waals surface area contributed by atoms with Gasteiger partial charge in [-0.3, -0.25) is 4.79 Å². The summed E-state index contributed by atoms with van der Waals surface area (Å²) in [4.78, 5) is 12.2. The minimum absolute atomic E-state index is 0.0941. The fraction of sp³-hybridized carbons (Fsp3) is 0.278. The van der Waals surface area contributed by atoms with Crippen LogP contribution in [0.15, 0.2) is 33.2 Å². The second kappa shape index (κ2) is 7.51. The van der Waals surface area contributed by atoms with E-state index in [2.05, 4.69) is 15.9 Å². The number of allylic oxidation sites excluding steroid dienone is 1. The lowest BCUT2D eigenvalue weighted by molar-refractivity contribution is 0.104. The first kappa shape index (κ1) is 17.3. The van der Waals surface area contributed by atoms with E-state index >= 15 is 0 Å². The van der Waals surface area contributed by atoms with Crippen LogP contribution in [0.1, 0.15) is 34.4 Å². The van der Waals surface area contributed by atoms with Crippen LogP contribution in [0.3, 0.4) is 0 Å².